The molecule has 3 aromatic rings. The van der Waals surface area contributed by atoms with Crippen LogP contribution in [0.4, 0.5) is 0 Å². The van der Waals surface area contributed by atoms with E-state index in [9.17, 15) is 0 Å². The lowest BCUT2D eigenvalue weighted by molar-refractivity contribution is 0.192. The second-order valence-corrected chi connectivity index (χ2v) is 7.89. The Balaban J connectivity index is 1.43. The Bertz CT molecular complexity index is 915. The monoisotopic (exact) mass is 351 g/mol. The van der Waals surface area contributed by atoms with E-state index < -0.39 is 0 Å². The van der Waals surface area contributed by atoms with E-state index in [0.717, 1.165) is 54.5 Å². The molecule has 0 amide bonds. The fourth-order valence-corrected chi connectivity index (χ4v) is 4.09. The Kier molecular flexibility index (Phi) is 3.81. The molecule has 1 aliphatic carbocycles. The van der Waals surface area contributed by atoms with Crippen LogP contribution in [0.3, 0.4) is 0 Å². The first-order valence-corrected chi connectivity index (χ1v) is 9.76. The summed E-state index contributed by atoms with van der Waals surface area (Å²) >= 11 is 0. The summed E-state index contributed by atoms with van der Waals surface area (Å²) in [4.78, 5) is 2.62. The van der Waals surface area contributed by atoms with Crippen LogP contribution in [0.1, 0.15) is 57.4 Å². The van der Waals surface area contributed by atoms with Crippen LogP contribution in [-0.4, -0.2) is 44.0 Å². The second-order valence-electron chi connectivity index (χ2n) is 7.89. The van der Waals surface area contributed by atoms with Crippen LogP contribution in [0, 0.1) is 0 Å². The third-order valence-corrected chi connectivity index (χ3v) is 5.69. The standard InChI is InChI=1S/C20H25N5O/c1-13(2)25-17-6-4-3-5-16(17)18(23-25)20-22-21-19(26-20)14-9-11-24(12-10-14)15-7-8-15/h3-6,13-15H,7-12H2,1-2H3. The van der Waals surface area contributed by atoms with Gasteiger partial charge in [-0.25, -0.2) is 0 Å². The maximum absolute atomic E-state index is 6.11. The average molecular weight is 351 g/mol. The van der Waals surface area contributed by atoms with Crippen LogP contribution in [0.25, 0.3) is 22.5 Å². The van der Waals surface area contributed by atoms with E-state index in [1.54, 1.807) is 0 Å². The van der Waals surface area contributed by atoms with E-state index in [1.807, 2.05) is 16.8 Å². The smallest absolute Gasteiger partial charge is 0.268 e. The largest absolute Gasteiger partial charge is 0.419 e. The number of hydrogen-bond donors (Lipinski definition) is 0. The number of rotatable bonds is 4. The third-order valence-electron chi connectivity index (χ3n) is 5.69. The van der Waals surface area contributed by atoms with E-state index in [4.69, 9.17) is 9.52 Å². The highest BCUT2D eigenvalue weighted by atomic mass is 16.4. The molecule has 0 bridgehead atoms. The molecule has 0 atom stereocenters. The molecule has 1 saturated carbocycles. The van der Waals surface area contributed by atoms with Crippen LogP contribution in [0.5, 0.6) is 0 Å². The molecule has 1 aromatic carbocycles. The molecular weight excluding hydrogens is 326 g/mol. The normalized spacial score (nSPS) is 19.7. The van der Waals surface area contributed by atoms with Crippen LogP contribution >= 0.6 is 0 Å². The van der Waals surface area contributed by atoms with Crippen molar-refractivity contribution >= 4 is 10.9 Å². The summed E-state index contributed by atoms with van der Waals surface area (Å²) in [7, 11) is 0. The SMILES string of the molecule is CC(C)n1nc(-c2nnc(C3CCN(C4CC4)CC3)o2)c2ccccc21. The number of nitrogens with zero attached hydrogens (tertiary/aromatic N) is 5. The molecule has 0 N–H and O–H groups in total. The predicted octanol–water partition coefficient (Wildman–Crippen LogP) is 4.01. The highest BCUT2D eigenvalue weighted by Crippen LogP contribution is 2.35. The van der Waals surface area contributed by atoms with Gasteiger partial charge in [-0.15, -0.1) is 10.2 Å². The third kappa shape index (κ3) is 2.72. The van der Waals surface area contributed by atoms with Gasteiger partial charge in [-0.3, -0.25) is 4.68 Å². The van der Waals surface area contributed by atoms with Crippen molar-refractivity contribution in [1.82, 2.24) is 24.9 Å². The molecule has 136 valence electrons. The van der Waals surface area contributed by atoms with Gasteiger partial charge in [0.2, 0.25) is 5.89 Å². The van der Waals surface area contributed by atoms with Crippen LogP contribution in [0.15, 0.2) is 28.7 Å². The van der Waals surface area contributed by atoms with Gasteiger partial charge < -0.3 is 9.32 Å². The number of fused-ring (bicyclic) bond motifs is 1. The van der Waals surface area contributed by atoms with Crippen molar-refractivity contribution in [3.8, 4) is 11.6 Å². The Labute approximate surface area is 153 Å². The zero-order chi connectivity index (χ0) is 17.7. The summed E-state index contributed by atoms with van der Waals surface area (Å²) in [5, 5.41) is 14.6. The minimum Gasteiger partial charge on any atom is -0.419 e. The topological polar surface area (TPSA) is 60.0 Å². The molecule has 0 radical (unpaired) electrons. The molecule has 26 heavy (non-hydrogen) atoms. The number of para-hydroxylation sites is 1. The van der Waals surface area contributed by atoms with Crippen molar-refractivity contribution in [2.45, 2.75) is 57.5 Å². The number of benzene rings is 1. The lowest BCUT2D eigenvalue weighted by Gasteiger charge is -2.30. The molecule has 2 aromatic heterocycles. The predicted molar refractivity (Wildman–Crippen MR) is 100.0 cm³/mol. The fourth-order valence-electron chi connectivity index (χ4n) is 4.09. The van der Waals surface area contributed by atoms with Gasteiger partial charge in [0.1, 0.15) is 0 Å². The molecule has 0 unspecified atom stereocenters. The Morgan fingerprint density at radius 3 is 2.54 bits per heavy atom. The van der Waals surface area contributed by atoms with Crippen molar-refractivity contribution in [3.63, 3.8) is 0 Å². The Morgan fingerprint density at radius 2 is 1.81 bits per heavy atom. The minimum absolute atomic E-state index is 0.280. The highest BCUT2D eigenvalue weighted by Gasteiger charge is 2.33. The highest BCUT2D eigenvalue weighted by molar-refractivity contribution is 5.91. The van der Waals surface area contributed by atoms with Gasteiger partial charge in [-0.1, -0.05) is 18.2 Å². The van der Waals surface area contributed by atoms with Gasteiger partial charge in [-0.05, 0) is 58.7 Å². The van der Waals surface area contributed by atoms with Crippen molar-refractivity contribution < 1.29 is 4.42 Å². The van der Waals surface area contributed by atoms with Crippen LogP contribution in [-0.2, 0) is 0 Å². The van der Waals surface area contributed by atoms with E-state index >= 15 is 0 Å². The van der Waals surface area contributed by atoms with Crippen LogP contribution in [0.2, 0.25) is 0 Å². The zero-order valence-corrected chi connectivity index (χ0v) is 15.4. The number of likely N-dealkylation sites (tertiary alicyclic amines) is 1. The lowest BCUT2D eigenvalue weighted by atomic mass is 9.97. The van der Waals surface area contributed by atoms with Gasteiger partial charge in [0, 0.05) is 23.4 Å². The van der Waals surface area contributed by atoms with Gasteiger partial charge in [0.15, 0.2) is 5.69 Å². The molecule has 6 nitrogen and oxygen atoms in total. The second kappa shape index (κ2) is 6.20. The molecule has 6 heteroatoms. The molecule has 1 saturated heterocycles. The maximum Gasteiger partial charge on any atom is 0.268 e. The summed E-state index contributed by atoms with van der Waals surface area (Å²) in [6, 6.07) is 9.37. The van der Waals surface area contributed by atoms with Gasteiger partial charge >= 0.3 is 0 Å². The number of piperidine rings is 1. The van der Waals surface area contributed by atoms with E-state index in [1.165, 1.54) is 12.8 Å². The summed E-state index contributed by atoms with van der Waals surface area (Å²) in [6.07, 6.45) is 4.97. The summed E-state index contributed by atoms with van der Waals surface area (Å²) in [5.41, 5.74) is 1.90. The van der Waals surface area contributed by atoms with Gasteiger partial charge in [0.25, 0.3) is 5.89 Å². The lowest BCUT2D eigenvalue weighted by Crippen LogP contribution is -2.34. The van der Waals surface area contributed by atoms with E-state index in [2.05, 4.69) is 41.1 Å². The molecule has 2 aliphatic rings. The molecule has 3 heterocycles. The quantitative estimate of drug-likeness (QED) is 0.711. The van der Waals surface area contributed by atoms with E-state index in [-0.39, 0.29) is 6.04 Å². The fraction of sp³-hybridized carbons (Fsp3) is 0.550. The Hall–Kier alpha value is -2.21. The summed E-state index contributed by atoms with van der Waals surface area (Å²) in [5.74, 6) is 1.70. The molecule has 2 fully saturated rings. The number of aromatic nitrogens is 4. The van der Waals surface area contributed by atoms with Crippen LogP contribution < -0.4 is 0 Å². The minimum atomic E-state index is 0.280. The Morgan fingerprint density at radius 1 is 1.04 bits per heavy atom. The first-order chi connectivity index (χ1) is 12.7. The van der Waals surface area contributed by atoms with E-state index in [0.29, 0.717) is 11.8 Å². The summed E-state index contributed by atoms with van der Waals surface area (Å²) in [6.45, 7) is 6.57. The van der Waals surface area contributed by atoms with Crippen molar-refractivity contribution in [2.24, 2.45) is 0 Å². The number of hydrogen-bond acceptors (Lipinski definition) is 5. The average Bonchev–Trinajstić information content (AvgIpc) is 3.26. The first-order valence-electron chi connectivity index (χ1n) is 9.76. The van der Waals surface area contributed by atoms with Gasteiger partial charge in [-0.2, -0.15) is 5.10 Å². The zero-order valence-electron chi connectivity index (χ0n) is 15.4. The van der Waals surface area contributed by atoms with Crippen molar-refractivity contribution in [3.05, 3.63) is 30.2 Å². The molecular formula is C20H25N5O. The molecule has 1 aliphatic heterocycles. The van der Waals surface area contributed by atoms with Crippen molar-refractivity contribution in [1.29, 1.82) is 0 Å². The summed E-state index contributed by atoms with van der Waals surface area (Å²) < 4.78 is 8.14. The maximum atomic E-state index is 6.11. The molecule has 5 rings (SSSR count). The van der Waals surface area contributed by atoms with Crippen molar-refractivity contribution in [2.75, 3.05) is 13.1 Å². The van der Waals surface area contributed by atoms with Gasteiger partial charge in [0.05, 0.1) is 5.52 Å². The first kappa shape index (κ1) is 16.0. The molecule has 0 spiro atoms.